The van der Waals surface area contributed by atoms with Gasteiger partial charge < -0.3 is 25.7 Å². The first-order valence-corrected chi connectivity index (χ1v) is 11.0. The molecule has 6 nitrogen and oxygen atoms in total. The van der Waals surface area contributed by atoms with Crippen molar-refractivity contribution >= 4 is 6.03 Å². The first-order chi connectivity index (χ1) is 15.8. The van der Waals surface area contributed by atoms with Gasteiger partial charge in [-0.1, -0.05) is 42.5 Å². The van der Waals surface area contributed by atoms with Crippen molar-refractivity contribution in [2.75, 3.05) is 32.8 Å². The summed E-state index contributed by atoms with van der Waals surface area (Å²) in [6.07, 6.45) is -3.21. The van der Waals surface area contributed by atoms with Crippen LogP contribution in [0.4, 0.5) is 18.0 Å². The summed E-state index contributed by atoms with van der Waals surface area (Å²) in [5.74, 6) is 0.291. The van der Waals surface area contributed by atoms with E-state index in [0.29, 0.717) is 24.6 Å². The summed E-state index contributed by atoms with van der Waals surface area (Å²) in [6, 6.07) is 12.6. The number of rotatable bonds is 8. The van der Waals surface area contributed by atoms with Gasteiger partial charge >= 0.3 is 12.2 Å². The van der Waals surface area contributed by atoms with Crippen molar-refractivity contribution < 1.29 is 28.2 Å². The number of aliphatic hydroxyl groups is 2. The number of carbonyl (C=O) groups is 1. The van der Waals surface area contributed by atoms with Gasteiger partial charge in [0.25, 0.3) is 0 Å². The number of amides is 2. The van der Waals surface area contributed by atoms with Gasteiger partial charge in [-0.2, -0.15) is 13.2 Å². The number of alkyl halides is 3. The molecule has 0 bridgehead atoms. The molecule has 0 spiro atoms. The highest BCUT2D eigenvalue weighted by Gasteiger charge is 2.30. The van der Waals surface area contributed by atoms with E-state index in [1.807, 2.05) is 30.3 Å². The molecular weight excluding hydrogens is 435 g/mol. The topological polar surface area (TPSA) is 84.8 Å². The lowest BCUT2D eigenvalue weighted by Crippen LogP contribution is -2.44. The Morgan fingerprint density at radius 3 is 2.24 bits per heavy atom. The van der Waals surface area contributed by atoms with E-state index in [2.05, 4.69) is 15.5 Å². The molecule has 2 amide bonds. The molecule has 1 saturated heterocycles. The lowest BCUT2D eigenvalue weighted by molar-refractivity contribution is -0.137. The molecule has 4 N–H and O–H groups in total. The van der Waals surface area contributed by atoms with Crippen molar-refractivity contribution in [2.24, 2.45) is 5.92 Å². The van der Waals surface area contributed by atoms with Crippen LogP contribution in [0.5, 0.6) is 0 Å². The number of hydrogen-bond donors (Lipinski definition) is 4. The Bertz CT molecular complexity index is 870. The third kappa shape index (κ3) is 7.45. The predicted octanol–water partition coefficient (Wildman–Crippen LogP) is 3.48. The molecule has 1 heterocycles. The molecule has 2 aromatic carbocycles. The van der Waals surface area contributed by atoms with Gasteiger partial charge in [0.05, 0.1) is 24.3 Å². The smallest absolute Gasteiger partial charge is 0.394 e. The van der Waals surface area contributed by atoms with E-state index in [1.54, 1.807) is 0 Å². The maximum atomic E-state index is 12.7. The molecule has 0 saturated carbocycles. The Labute approximate surface area is 191 Å². The molecule has 9 heteroatoms. The molecule has 2 aromatic rings. The zero-order valence-electron chi connectivity index (χ0n) is 18.3. The summed E-state index contributed by atoms with van der Waals surface area (Å²) in [4.78, 5) is 14.5. The van der Waals surface area contributed by atoms with E-state index in [0.717, 1.165) is 43.6 Å². The minimum atomic E-state index is -4.44. The van der Waals surface area contributed by atoms with Crippen LogP contribution in [-0.2, 0) is 6.18 Å². The minimum Gasteiger partial charge on any atom is -0.394 e. The van der Waals surface area contributed by atoms with Crippen molar-refractivity contribution in [1.82, 2.24) is 15.5 Å². The van der Waals surface area contributed by atoms with E-state index in [1.165, 1.54) is 12.1 Å². The average molecular weight is 466 g/mol. The van der Waals surface area contributed by atoms with Gasteiger partial charge in [0.2, 0.25) is 0 Å². The van der Waals surface area contributed by atoms with Crippen LogP contribution in [0.3, 0.4) is 0 Å². The van der Waals surface area contributed by atoms with Crippen LogP contribution < -0.4 is 10.6 Å². The van der Waals surface area contributed by atoms with Crippen LogP contribution in [0.2, 0.25) is 0 Å². The zero-order valence-corrected chi connectivity index (χ0v) is 18.3. The normalized spacial score (nSPS) is 17.4. The van der Waals surface area contributed by atoms with E-state index >= 15 is 0 Å². The summed E-state index contributed by atoms with van der Waals surface area (Å²) in [6.45, 7) is 2.24. The Morgan fingerprint density at radius 1 is 1.03 bits per heavy atom. The van der Waals surface area contributed by atoms with Gasteiger partial charge in [0.15, 0.2) is 0 Å². The molecule has 0 radical (unpaired) electrons. The number of benzene rings is 2. The Kier molecular flexibility index (Phi) is 8.71. The van der Waals surface area contributed by atoms with Crippen LogP contribution in [0.1, 0.15) is 41.7 Å². The molecule has 180 valence electrons. The standard InChI is InChI=1S/C24H30F3N3O3/c25-24(26,27)20-8-6-18(7-9-20)21(16-31)29-23(33)28-14-17-10-12-30(13-11-17)15-22(32)19-4-2-1-3-5-19/h1-9,17,21-22,31-32H,10-16H2,(H2,28,29,33). The molecule has 2 unspecified atom stereocenters. The maximum absolute atomic E-state index is 12.7. The van der Waals surface area contributed by atoms with E-state index in [4.69, 9.17) is 0 Å². The molecule has 0 aromatic heterocycles. The number of β-amino-alcohol motifs (C(OH)–C–C–N with tert-alkyl or cyclic N) is 1. The Balaban J connectivity index is 1.40. The zero-order chi connectivity index (χ0) is 23.8. The summed E-state index contributed by atoms with van der Waals surface area (Å²) >= 11 is 0. The number of hydrogen-bond acceptors (Lipinski definition) is 4. The summed E-state index contributed by atoms with van der Waals surface area (Å²) in [7, 11) is 0. The van der Waals surface area contributed by atoms with Gasteiger partial charge in [-0.15, -0.1) is 0 Å². The van der Waals surface area contributed by atoms with Crippen LogP contribution in [-0.4, -0.2) is 53.9 Å². The van der Waals surface area contributed by atoms with Crippen molar-refractivity contribution in [1.29, 1.82) is 0 Å². The summed E-state index contributed by atoms with van der Waals surface area (Å²) < 4.78 is 38.1. The van der Waals surface area contributed by atoms with E-state index in [9.17, 15) is 28.2 Å². The Hall–Kier alpha value is -2.62. The number of likely N-dealkylation sites (tertiary alicyclic amines) is 1. The molecule has 1 fully saturated rings. The van der Waals surface area contributed by atoms with Crippen LogP contribution >= 0.6 is 0 Å². The fraction of sp³-hybridized carbons (Fsp3) is 0.458. The molecular formula is C24H30F3N3O3. The lowest BCUT2D eigenvalue weighted by Gasteiger charge is -2.33. The molecule has 3 rings (SSSR count). The molecule has 2 atom stereocenters. The second kappa shape index (κ2) is 11.5. The highest BCUT2D eigenvalue weighted by Crippen LogP contribution is 2.30. The summed E-state index contributed by atoms with van der Waals surface area (Å²) in [5, 5.41) is 25.4. The number of urea groups is 1. The first kappa shape index (κ1) is 25.0. The average Bonchev–Trinajstić information content (AvgIpc) is 2.82. The first-order valence-electron chi connectivity index (χ1n) is 11.0. The van der Waals surface area contributed by atoms with Gasteiger partial charge in [-0.05, 0) is 55.1 Å². The van der Waals surface area contributed by atoms with Crippen molar-refractivity contribution in [3.05, 3.63) is 71.3 Å². The van der Waals surface area contributed by atoms with Crippen LogP contribution in [0.15, 0.2) is 54.6 Å². The molecule has 1 aliphatic rings. The van der Waals surface area contributed by atoms with Crippen molar-refractivity contribution in [2.45, 2.75) is 31.2 Å². The van der Waals surface area contributed by atoms with Crippen molar-refractivity contribution in [3.63, 3.8) is 0 Å². The minimum absolute atomic E-state index is 0.291. The fourth-order valence-corrected chi connectivity index (χ4v) is 3.98. The van der Waals surface area contributed by atoms with E-state index < -0.39 is 36.5 Å². The quantitative estimate of drug-likeness (QED) is 0.481. The molecule has 33 heavy (non-hydrogen) atoms. The number of aliphatic hydroxyl groups excluding tert-OH is 2. The third-order valence-electron chi connectivity index (χ3n) is 6.00. The highest BCUT2D eigenvalue weighted by molar-refractivity contribution is 5.74. The SMILES string of the molecule is O=C(NCC1CCN(CC(O)c2ccccc2)CC1)NC(CO)c1ccc(C(F)(F)F)cc1. The highest BCUT2D eigenvalue weighted by atomic mass is 19.4. The second-order valence-corrected chi connectivity index (χ2v) is 8.38. The largest absolute Gasteiger partial charge is 0.416 e. The van der Waals surface area contributed by atoms with Gasteiger partial charge in [-0.25, -0.2) is 4.79 Å². The van der Waals surface area contributed by atoms with Gasteiger partial charge in [0, 0.05) is 13.1 Å². The number of piperidine rings is 1. The number of carbonyl (C=O) groups excluding carboxylic acids is 1. The fourth-order valence-electron chi connectivity index (χ4n) is 3.98. The molecule has 1 aliphatic heterocycles. The van der Waals surface area contributed by atoms with Gasteiger partial charge in [-0.3, -0.25) is 0 Å². The summed E-state index contributed by atoms with van der Waals surface area (Å²) in [5.41, 5.74) is 0.505. The number of nitrogens with zero attached hydrogens (tertiary/aromatic N) is 1. The van der Waals surface area contributed by atoms with Crippen molar-refractivity contribution in [3.8, 4) is 0 Å². The third-order valence-corrected chi connectivity index (χ3v) is 6.00. The van der Waals surface area contributed by atoms with E-state index in [-0.39, 0.29) is 0 Å². The molecule has 0 aliphatic carbocycles. The number of halogens is 3. The monoisotopic (exact) mass is 465 g/mol. The van der Waals surface area contributed by atoms with Crippen LogP contribution in [0.25, 0.3) is 0 Å². The lowest BCUT2D eigenvalue weighted by atomic mass is 9.96. The van der Waals surface area contributed by atoms with Gasteiger partial charge in [0.1, 0.15) is 0 Å². The maximum Gasteiger partial charge on any atom is 0.416 e. The number of nitrogens with one attached hydrogen (secondary N) is 2. The predicted molar refractivity (Wildman–Crippen MR) is 118 cm³/mol. The van der Waals surface area contributed by atoms with Crippen LogP contribution in [0, 0.1) is 5.92 Å². The Morgan fingerprint density at radius 2 is 1.67 bits per heavy atom. The second-order valence-electron chi connectivity index (χ2n) is 8.38.